The molecule has 5 rings (SSSR count). The molecule has 37 heavy (non-hydrogen) atoms. The van der Waals surface area contributed by atoms with Gasteiger partial charge < -0.3 is 10.4 Å². The van der Waals surface area contributed by atoms with Crippen molar-refractivity contribution in [3.8, 4) is 11.1 Å². The minimum atomic E-state index is -0.689. The molecular weight excluding hydrogens is 485 g/mol. The zero-order chi connectivity index (χ0) is 25.8. The number of pyridine rings is 1. The van der Waals surface area contributed by atoms with E-state index in [-0.39, 0.29) is 5.91 Å². The second-order valence-corrected chi connectivity index (χ2v) is 10.2. The zero-order valence-corrected chi connectivity index (χ0v) is 21.3. The molecule has 7 heteroatoms. The molecule has 188 valence electrons. The number of rotatable bonds is 8. The summed E-state index contributed by atoms with van der Waals surface area (Å²) in [6, 6.07) is 27.9. The van der Waals surface area contributed by atoms with Gasteiger partial charge in [0.2, 0.25) is 5.95 Å². The Balaban J connectivity index is 1.29. The third kappa shape index (κ3) is 5.91. The standard InChI is InChI=1S/C30H28FN3O2S/c1-2-34(37-28-10-6-9-27(31)32-28)19-20-11-12-24-18-26(35)29(25(24)17-20)33-30(36)23-15-13-22(14-16-23)21-7-4-3-5-8-21/h3-17,26,29,35H,2,18-19H2,1H3,(H,33,36)/t26-,29-/m1/s1. The smallest absolute Gasteiger partial charge is 0.251 e. The Kier molecular flexibility index (Phi) is 7.65. The molecule has 1 aliphatic carbocycles. The quantitative estimate of drug-likeness (QED) is 0.230. The van der Waals surface area contributed by atoms with Gasteiger partial charge in [0.1, 0.15) is 5.03 Å². The number of amides is 1. The first-order valence-corrected chi connectivity index (χ1v) is 13.1. The highest BCUT2D eigenvalue weighted by Gasteiger charge is 2.32. The Morgan fingerprint density at radius 1 is 1.03 bits per heavy atom. The minimum absolute atomic E-state index is 0.218. The summed E-state index contributed by atoms with van der Waals surface area (Å²) < 4.78 is 15.6. The van der Waals surface area contributed by atoms with E-state index in [1.54, 1.807) is 12.1 Å². The van der Waals surface area contributed by atoms with Gasteiger partial charge in [0.15, 0.2) is 0 Å². The van der Waals surface area contributed by atoms with Gasteiger partial charge in [-0.3, -0.25) is 4.79 Å². The average molecular weight is 514 g/mol. The predicted molar refractivity (Wildman–Crippen MR) is 144 cm³/mol. The molecule has 1 aliphatic rings. The number of benzene rings is 3. The van der Waals surface area contributed by atoms with Crippen LogP contribution in [0.25, 0.3) is 11.1 Å². The molecule has 0 aliphatic heterocycles. The molecular formula is C30H28FN3O2S. The first-order valence-electron chi connectivity index (χ1n) is 12.3. The van der Waals surface area contributed by atoms with Gasteiger partial charge in [-0.15, -0.1) is 0 Å². The minimum Gasteiger partial charge on any atom is -0.390 e. The van der Waals surface area contributed by atoms with E-state index in [1.807, 2.05) is 73.7 Å². The van der Waals surface area contributed by atoms with Gasteiger partial charge in [-0.25, -0.2) is 9.29 Å². The molecule has 4 aromatic rings. The van der Waals surface area contributed by atoms with Crippen LogP contribution >= 0.6 is 11.9 Å². The van der Waals surface area contributed by atoms with Gasteiger partial charge in [-0.1, -0.05) is 73.7 Å². The monoisotopic (exact) mass is 513 g/mol. The van der Waals surface area contributed by atoms with E-state index in [0.29, 0.717) is 23.6 Å². The molecule has 1 aromatic heterocycles. The summed E-state index contributed by atoms with van der Waals surface area (Å²) in [6.07, 6.45) is -0.196. The van der Waals surface area contributed by atoms with Gasteiger partial charge >= 0.3 is 0 Å². The highest BCUT2D eigenvalue weighted by atomic mass is 32.2. The molecule has 2 N–H and O–H groups in total. The number of hydrogen-bond donors (Lipinski definition) is 2. The number of carbonyl (C=O) groups is 1. The van der Waals surface area contributed by atoms with Crippen LogP contribution in [0.15, 0.2) is 96.0 Å². The number of aliphatic hydroxyl groups is 1. The first kappa shape index (κ1) is 25.1. The normalized spacial score (nSPS) is 16.5. The van der Waals surface area contributed by atoms with Crippen LogP contribution in [-0.2, 0) is 13.0 Å². The van der Waals surface area contributed by atoms with E-state index in [1.165, 1.54) is 18.0 Å². The fourth-order valence-corrected chi connectivity index (χ4v) is 5.47. The van der Waals surface area contributed by atoms with Crippen molar-refractivity contribution in [3.05, 3.63) is 119 Å². The second-order valence-electron chi connectivity index (χ2n) is 9.05. The molecule has 2 atom stereocenters. The maximum Gasteiger partial charge on any atom is 0.251 e. The van der Waals surface area contributed by atoms with Crippen LogP contribution in [-0.4, -0.2) is 33.0 Å². The van der Waals surface area contributed by atoms with E-state index < -0.39 is 18.1 Å². The van der Waals surface area contributed by atoms with Crippen molar-refractivity contribution in [2.75, 3.05) is 6.54 Å². The van der Waals surface area contributed by atoms with Crippen molar-refractivity contribution in [2.45, 2.75) is 37.1 Å². The van der Waals surface area contributed by atoms with Crippen LogP contribution < -0.4 is 5.32 Å². The van der Waals surface area contributed by atoms with E-state index in [9.17, 15) is 14.3 Å². The zero-order valence-electron chi connectivity index (χ0n) is 20.5. The summed E-state index contributed by atoms with van der Waals surface area (Å²) in [7, 11) is 0. The SMILES string of the molecule is CCN(Cc1ccc2c(c1)[C@@H](NC(=O)c1ccc(-c3ccccc3)cc1)[C@H](O)C2)Sc1cccc(F)n1. The van der Waals surface area contributed by atoms with Crippen molar-refractivity contribution < 1.29 is 14.3 Å². The van der Waals surface area contributed by atoms with Crippen LogP contribution in [0, 0.1) is 5.95 Å². The van der Waals surface area contributed by atoms with Crippen molar-refractivity contribution >= 4 is 17.9 Å². The number of halogens is 1. The lowest BCUT2D eigenvalue weighted by Crippen LogP contribution is -2.33. The lowest BCUT2D eigenvalue weighted by Gasteiger charge is -2.21. The van der Waals surface area contributed by atoms with E-state index >= 15 is 0 Å². The van der Waals surface area contributed by atoms with E-state index in [4.69, 9.17) is 0 Å². The predicted octanol–water partition coefficient (Wildman–Crippen LogP) is 5.81. The molecule has 0 radical (unpaired) electrons. The number of aliphatic hydroxyl groups excluding tert-OH is 1. The van der Waals surface area contributed by atoms with E-state index in [2.05, 4.69) is 20.7 Å². The Bertz CT molecular complexity index is 1380. The van der Waals surface area contributed by atoms with Crippen LogP contribution in [0.5, 0.6) is 0 Å². The topological polar surface area (TPSA) is 65.5 Å². The molecule has 5 nitrogen and oxygen atoms in total. The molecule has 0 fully saturated rings. The highest BCUT2D eigenvalue weighted by Crippen LogP contribution is 2.34. The molecule has 0 bridgehead atoms. The van der Waals surface area contributed by atoms with Gasteiger partial charge in [0, 0.05) is 25.1 Å². The summed E-state index contributed by atoms with van der Waals surface area (Å²) >= 11 is 1.40. The van der Waals surface area contributed by atoms with Gasteiger partial charge in [0.05, 0.1) is 12.1 Å². The number of nitrogens with one attached hydrogen (secondary N) is 1. The highest BCUT2D eigenvalue weighted by molar-refractivity contribution is 7.96. The lowest BCUT2D eigenvalue weighted by molar-refractivity contribution is 0.0858. The Morgan fingerprint density at radius 3 is 2.51 bits per heavy atom. The number of aromatic nitrogens is 1. The molecule has 1 amide bonds. The summed E-state index contributed by atoms with van der Waals surface area (Å²) in [4.78, 5) is 17.0. The number of nitrogens with zero attached hydrogens (tertiary/aromatic N) is 2. The van der Waals surface area contributed by atoms with Gasteiger partial charge in [0.25, 0.3) is 5.91 Å². The first-order chi connectivity index (χ1) is 18.0. The fraction of sp³-hybridized carbons (Fsp3) is 0.200. The third-order valence-electron chi connectivity index (χ3n) is 6.52. The molecule has 0 saturated carbocycles. The van der Waals surface area contributed by atoms with Crippen molar-refractivity contribution in [3.63, 3.8) is 0 Å². The lowest BCUT2D eigenvalue weighted by atomic mass is 10.0. The van der Waals surface area contributed by atoms with Gasteiger partial charge in [-0.2, -0.15) is 4.39 Å². The third-order valence-corrected chi connectivity index (χ3v) is 7.58. The average Bonchev–Trinajstić information content (AvgIpc) is 3.23. The Labute approximate surface area is 220 Å². The molecule has 0 unspecified atom stereocenters. The van der Waals surface area contributed by atoms with Gasteiger partial charge in [-0.05, 0) is 64.0 Å². The Morgan fingerprint density at radius 2 is 1.78 bits per heavy atom. The summed E-state index contributed by atoms with van der Waals surface area (Å²) in [6.45, 7) is 3.39. The fourth-order valence-electron chi connectivity index (χ4n) is 4.60. The van der Waals surface area contributed by atoms with Crippen molar-refractivity contribution in [1.82, 2.24) is 14.6 Å². The van der Waals surface area contributed by atoms with Crippen LogP contribution in [0.2, 0.25) is 0 Å². The van der Waals surface area contributed by atoms with Crippen LogP contribution in [0.3, 0.4) is 0 Å². The van der Waals surface area contributed by atoms with E-state index in [0.717, 1.165) is 34.4 Å². The number of fused-ring (bicyclic) bond motifs is 1. The summed E-state index contributed by atoms with van der Waals surface area (Å²) in [5.41, 5.74) is 5.69. The maximum atomic E-state index is 13.5. The summed E-state index contributed by atoms with van der Waals surface area (Å²) in [5, 5.41) is 14.4. The van der Waals surface area contributed by atoms with Crippen molar-refractivity contribution in [1.29, 1.82) is 0 Å². The number of carbonyl (C=O) groups excluding carboxylic acids is 1. The van der Waals surface area contributed by atoms with Crippen molar-refractivity contribution in [2.24, 2.45) is 0 Å². The molecule has 1 heterocycles. The Hall–Kier alpha value is -3.52. The van der Waals surface area contributed by atoms with Crippen LogP contribution in [0.1, 0.15) is 40.0 Å². The second kappa shape index (κ2) is 11.3. The van der Waals surface area contributed by atoms with Crippen LogP contribution in [0.4, 0.5) is 4.39 Å². The molecule has 0 spiro atoms. The molecule has 0 saturated heterocycles. The summed E-state index contributed by atoms with van der Waals surface area (Å²) in [5.74, 6) is -0.717. The molecule has 3 aromatic carbocycles. The maximum absolute atomic E-state index is 13.5. The largest absolute Gasteiger partial charge is 0.390 e. The number of hydrogen-bond acceptors (Lipinski definition) is 5.